The van der Waals surface area contributed by atoms with E-state index in [0.29, 0.717) is 34.2 Å². The standard InChI is InChI=1S/C27H27FN6O2/c1-16(2)34-27-24(26(30)32-15-33-27)25(29)19-6-8-21(9-7-19)36-23-11-20(28)10-22(12-23)35-14-18-5-4-17(3)31-13-18/h4-13,15-16,29H,14H2,1-3H3,(H3,30,32,33,34). The Morgan fingerprint density at radius 3 is 2.44 bits per heavy atom. The van der Waals surface area contributed by atoms with Crippen LogP contribution in [0.2, 0.25) is 0 Å². The van der Waals surface area contributed by atoms with Crippen LogP contribution in [0.4, 0.5) is 16.0 Å². The van der Waals surface area contributed by atoms with Crippen molar-refractivity contribution in [2.24, 2.45) is 0 Å². The van der Waals surface area contributed by atoms with E-state index in [2.05, 4.69) is 20.3 Å². The third-order valence-electron chi connectivity index (χ3n) is 5.15. The molecule has 0 bridgehead atoms. The molecule has 0 radical (unpaired) electrons. The Hall–Kier alpha value is -4.53. The second-order valence-corrected chi connectivity index (χ2v) is 8.50. The number of halogens is 1. The molecule has 0 unspecified atom stereocenters. The zero-order valence-corrected chi connectivity index (χ0v) is 20.2. The zero-order chi connectivity index (χ0) is 25.7. The van der Waals surface area contributed by atoms with Crippen LogP contribution < -0.4 is 20.5 Å². The van der Waals surface area contributed by atoms with E-state index in [0.717, 1.165) is 11.3 Å². The van der Waals surface area contributed by atoms with Crippen molar-refractivity contribution in [2.45, 2.75) is 33.4 Å². The molecule has 2 aromatic heterocycles. The molecule has 36 heavy (non-hydrogen) atoms. The Balaban J connectivity index is 1.47. The molecule has 0 fully saturated rings. The van der Waals surface area contributed by atoms with Crippen LogP contribution in [-0.4, -0.2) is 26.7 Å². The molecule has 0 aliphatic rings. The Morgan fingerprint density at radius 1 is 1.00 bits per heavy atom. The van der Waals surface area contributed by atoms with Crippen LogP contribution in [0, 0.1) is 18.2 Å². The topological polar surface area (TPSA) is 119 Å². The molecule has 0 atom stereocenters. The van der Waals surface area contributed by atoms with E-state index in [9.17, 15) is 4.39 Å². The highest BCUT2D eigenvalue weighted by Crippen LogP contribution is 2.29. The Bertz CT molecular complexity index is 1360. The van der Waals surface area contributed by atoms with Gasteiger partial charge in [-0.3, -0.25) is 10.4 Å². The molecule has 0 saturated carbocycles. The van der Waals surface area contributed by atoms with E-state index in [1.807, 2.05) is 32.9 Å². The minimum atomic E-state index is -0.479. The molecule has 0 aliphatic carbocycles. The molecule has 4 aromatic rings. The molecule has 2 heterocycles. The van der Waals surface area contributed by atoms with Gasteiger partial charge in [0.15, 0.2) is 0 Å². The normalized spacial score (nSPS) is 10.8. The minimum Gasteiger partial charge on any atom is -0.489 e. The summed E-state index contributed by atoms with van der Waals surface area (Å²) in [5.41, 5.74) is 9.05. The molecule has 0 aliphatic heterocycles. The number of hydrogen-bond acceptors (Lipinski definition) is 8. The number of benzene rings is 2. The highest BCUT2D eigenvalue weighted by atomic mass is 19.1. The minimum absolute atomic E-state index is 0.107. The molecular weight excluding hydrogens is 459 g/mol. The number of hydrogen-bond donors (Lipinski definition) is 3. The van der Waals surface area contributed by atoms with Gasteiger partial charge >= 0.3 is 0 Å². The van der Waals surface area contributed by atoms with Gasteiger partial charge in [0.2, 0.25) is 0 Å². The molecule has 0 spiro atoms. The predicted molar refractivity (Wildman–Crippen MR) is 137 cm³/mol. The lowest BCUT2D eigenvalue weighted by molar-refractivity contribution is 0.302. The smallest absolute Gasteiger partial charge is 0.141 e. The van der Waals surface area contributed by atoms with Crippen LogP contribution in [0.3, 0.4) is 0 Å². The number of anilines is 2. The number of nitrogens with one attached hydrogen (secondary N) is 2. The third-order valence-corrected chi connectivity index (χ3v) is 5.15. The molecule has 0 amide bonds. The first-order chi connectivity index (χ1) is 17.3. The lowest BCUT2D eigenvalue weighted by Gasteiger charge is -2.15. The van der Waals surface area contributed by atoms with Crippen molar-refractivity contribution in [1.82, 2.24) is 15.0 Å². The van der Waals surface area contributed by atoms with Crippen LogP contribution in [0.25, 0.3) is 0 Å². The summed E-state index contributed by atoms with van der Waals surface area (Å²) in [5, 5.41) is 11.9. The summed E-state index contributed by atoms with van der Waals surface area (Å²) in [7, 11) is 0. The summed E-state index contributed by atoms with van der Waals surface area (Å²) in [6.45, 7) is 6.11. The fraction of sp³-hybridized carbons (Fsp3) is 0.185. The molecule has 184 valence electrons. The number of aryl methyl sites for hydroxylation is 1. The van der Waals surface area contributed by atoms with Gasteiger partial charge in [0.1, 0.15) is 47.6 Å². The van der Waals surface area contributed by atoms with Gasteiger partial charge < -0.3 is 20.5 Å². The van der Waals surface area contributed by atoms with E-state index in [4.69, 9.17) is 20.6 Å². The number of rotatable bonds is 9. The lowest BCUT2D eigenvalue weighted by Crippen LogP contribution is -2.17. The highest BCUT2D eigenvalue weighted by Gasteiger charge is 2.17. The first-order valence-electron chi connectivity index (χ1n) is 11.4. The maximum Gasteiger partial charge on any atom is 0.141 e. The molecule has 2 aromatic carbocycles. The number of nitrogens with two attached hydrogens (primary N) is 1. The van der Waals surface area contributed by atoms with Crippen molar-refractivity contribution in [3.05, 3.63) is 95.3 Å². The highest BCUT2D eigenvalue weighted by molar-refractivity contribution is 6.16. The first kappa shape index (κ1) is 24.6. The Labute approximate surface area is 208 Å². The molecular formula is C27H27FN6O2. The largest absolute Gasteiger partial charge is 0.489 e. The summed E-state index contributed by atoms with van der Waals surface area (Å²) < 4.78 is 25.8. The van der Waals surface area contributed by atoms with Gasteiger partial charge in [0.05, 0.1) is 11.3 Å². The maximum atomic E-state index is 14.2. The number of nitrogen functional groups attached to an aromatic ring is 1. The van der Waals surface area contributed by atoms with Crippen molar-refractivity contribution < 1.29 is 13.9 Å². The summed E-state index contributed by atoms with van der Waals surface area (Å²) in [5.74, 6) is 1.34. The fourth-order valence-electron chi connectivity index (χ4n) is 3.43. The van der Waals surface area contributed by atoms with Gasteiger partial charge in [0, 0.05) is 47.3 Å². The number of aromatic nitrogens is 3. The lowest BCUT2D eigenvalue weighted by atomic mass is 10.0. The maximum absolute atomic E-state index is 14.2. The van der Waals surface area contributed by atoms with Gasteiger partial charge in [-0.15, -0.1) is 0 Å². The Kier molecular flexibility index (Phi) is 7.39. The molecule has 9 heteroatoms. The van der Waals surface area contributed by atoms with Crippen LogP contribution in [-0.2, 0) is 6.61 Å². The van der Waals surface area contributed by atoms with Crippen molar-refractivity contribution in [3.8, 4) is 17.2 Å². The van der Waals surface area contributed by atoms with Gasteiger partial charge in [-0.25, -0.2) is 14.4 Å². The van der Waals surface area contributed by atoms with E-state index in [-0.39, 0.29) is 24.2 Å². The fourth-order valence-corrected chi connectivity index (χ4v) is 3.43. The number of ether oxygens (including phenoxy) is 2. The second kappa shape index (κ2) is 10.8. The van der Waals surface area contributed by atoms with Crippen LogP contribution >= 0.6 is 0 Å². The van der Waals surface area contributed by atoms with Crippen molar-refractivity contribution in [2.75, 3.05) is 11.1 Å². The summed E-state index contributed by atoms with van der Waals surface area (Å²) in [4.78, 5) is 12.5. The molecule has 4 N–H and O–H groups in total. The summed E-state index contributed by atoms with van der Waals surface area (Å²) >= 11 is 0. The number of nitrogens with zero attached hydrogens (tertiary/aromatic N) is 3. The SMILES string of the molecule is Cc1ccc(COc2cc(F)cc(Oc3ccc(C(=N)c4c(N)ncnc4NC(C)C)cc3)c2)cn1. The zero-order valence-electron chi connectivity index (χ0n) is 20.2. The van der Waals surface area contributed by atoms with Crippen LogP contribution in [0.5, 0.6) is 17.2 Å². The van der Waals surface area contributed by atoms with Crippen LogP contribution in [0.1, 0.15) is 36.2 Å². The van der Waals surface area contributed by atoms with Crippen molar-refractivity contribution in [1.29, 1.82) is 5.41 Å². The van der Waals surface area contributed by atoms with Gasteiger partial charge in [-0.2, -0.15) is 0 Å². The van der Waals surface area contributed by atoms with Gasteiger partial charge in [0.25, 0.3) is 0 Å². The van der Waals surface area contributed by atoms with Gasteiger partial charge in [-0.1, -0.05) is 6.07 Å². The third kappa shape index (κ3) is 6.12. The summed E-state index contributed by atoms with van der Waals surface area (Å²) in [6.07, 6.45) is 3.09. The first-order valence-corrected chi connectivity index (χ1v) is 11.4. The average molecular weight is 487 g/mol. The second-order valence-electron chi connectivity index (χ2n) is 8.50. The molecule has 0 saturated heterocycles. The van der Waals surface area contributed by atoms with Crippen molar-refractivity contribution >= 4 is 17.3 Å². The predicted octanol–water partition coefficient (Wildman–Crippen LogP) is 5.51. The van der Waals surface area contributed by atoms with E-state index >= 15 is 0 Å². The molecule has 8 nitrogen and oxygen atoms in total. The quantitative estimate of drug-likeness (QED) is 0.267. The van der Waals surface area contributed by atoms with Crippen molar-refractivity contribution in [3.63, 3.8) is 0 Å². The average Bonchev–Trinajstić information content (AvgIpc) is 2.83. The van der Waals surface area contributed by atoms with E-state index in [1.54, 1.807) is 36.5 Å². The monoisotopic (exact) mass is 486 g/mol. The summed E-state index contributed by atoms with van der Waals surface area (Å²) in [6, 6.07) is 15.0. The molecule has 4 rings (SSSR count). The Morgan fingerprint density at radius 2 is 1.75 bits per heavy atom. The van der Waals surface area contributed by atoms with Crippen LogP contribution in [0.15, 0.2) is 67.1 Å². The van der Waals surface area contributed by atoms with E-state index < -0.39 is 5.82 Å². The van der Waals surface area contributed by atoms with Gasteiger partial charge in [-0.05, 0) is 51.1 Å². The van der Waals surface area contributed by atoms with E-state index in [1.165, 1.54) is 18.5 Å². The number of pyridine rings is 1.